The molecule has 0 radical (unpaired) electrons. The molecule has 9 nitrogen and oxygen atoms in total. The minimum atomic E-state index is -0.382. The van der Waals surface area contributed by atoms with E-state index in [0.717, 1.165) is 39.4 Å². The number of nitrogens with zero attached hydrogens (tertiary/aromatic N) is 6. The zero-order chi connectivity index (χ0) is 28.8. The fraction of sp³-hybridized carbons (Fsp3) is 0.121. The second kappa shape index (κ2) is 10.1. The van der Waals surface area contributed by atoms with Crippen LogP contribution in [0, 0.1) is 13.8 Å². The Hall–Kier alpha value is -5.57. The molecule has 206 valence electrons. The summed E-state index contributed by atoms with van der Waals surface area (Å²) in [6.07, 6.45) is 1.74. The van der Waals surface area contributed by atoms with E-state index >= 15 is 0 Å². The Morgan fingerprint density at radius 3 is 2.48 bits per heavy atom. The number of para-hydroxylation sites is 2. The van der Waals surface area contributed by atoms with E-state index in [2.05, 4.69) is 40.3 Å². The van der Waals surface area contributed by atoms with Crippen LogP contribution in [0.2, 0.25) is 0 Å². The van der Waals surface area contributed by atoms with Crippen LogP contribution in [0.5, 0.6) is 0 Å². The number of hydrogen-bond acceptors (Lipinski definition) is 8. The Morgan fingerprint density at radius 1 is 0.905 bits per heavy atom. The number of carbonyl (C=O) groups is 1. The minimum Gasteiger partial charge on any atom is -0.465 e. The monoisotopic (exact) mass is 553 g/mol. The molecule has 3 aromatic carbocycles. The van der Waals surface area contributed by atoms with E-state index in [1.165, 1.54) is 7.11 Å². The van der Waals surface area contributed by atoms with E-state index in [1.54, 1.807) is 23.0 Å². The molecule has 0 fully saturated rings. The van der Waals surface area contributed by atoms with Gasteiger partial charge in [0.2, 0.25) is 0 Å². The standard InChI is InChI=1S/C33H27N7O2/c1-20-9-8-10-24(19-20)35-30-32-37-31-28(21(2)38-40(31)27-13-6-7-18-34-27)29(22-14-16-23(17-15-22)33(41)42-3)39(32)26-12-5-4-11-25(26)36-30/h4-19,29H,1-3H3,(H,35,36)/t29-/m1/s1. The molecule has 0 aliphatic carbocycles. The Bertz CT molecular complexity index is 1890. The van der Waals surface area contributed by atoms with Gasteiger partial charge in [0.25, 0.3) is 0 Å². The number of hydrogen-bond donors (Lipinski definition) is 1. The van der Waals surface area contributed by atoms with E-state index in [0.29, 0.717) is 28.9 Å². The van der Waals surface area contributed by atoms with Gasteiger partial charge in [-0.15, -0.1) is 0 Å². The van der Waals surface area contributed by atoms with Gasteiger partial charge in [0.15, 0.2) is 23.3 Å². The molecule has 0 saturated carbocycles. The van der Waals surface area contributed by atoms with E-state index in [9.17, 15) is 4.79 Å². The first-order valence-electron chi connectivity index (χ1n) is 13.6. The largest absolute Gasteiger partial charge is 0.465 e. The molecule has 7 rings (SSSR count). The first-order chi connectivity index (χ1) is 20.5. The van der Waals surface area contributed by atoms with Crippen LogP contribution in [0.3, 0.4) is 0 Å². The molecule has 1 atom stereocenters. The summed E-state index contributed by atoms with van der Waals surface area (Å²) >= 11 is 0. The van der Waals surface area contributed by atoms with Crippen molar-refractivity contribution in [3.05, 3.63) is 125 Å². The van der Waals surface area contributed by atoms with Gasteiger partial charge in [0.1, 0.15) is 0 Å². The van der Waals surface area contributed by atoms with Crippen molar-refractivity contribution in [2.24, 2.45) is 9.98 Å². The van der Waals surface area contributed by atoms with Crippen molar-refractivity contribution in [2.45, 2.75) is 19.9 Å². The average Bonchev–Trinajstić information content (AvgIpc) is 3.36. The number of nitrogens with one attached hydrogen (secondary N) is 1. The van der Waals surface area contributed by atoms with E-state index in [4.69, 9.17) is 19.8 Å². The van der Waals surface area contributed by atoms with Gasteiger partial charge in [0.05, 0.1) is 35.8 Å². The second-order valence-electron chi connectivity index (χ2n) is 10.2. The summed E-state index contributed by atoms with van der Waals surface area (Å²) in [4.78, 5) is 29.3. The third-order valence-corrected chi connectivity index (χ3v) is 7.43. The van der Waals surface area contributed by atoms with Crippen molar-refractivity contribution >= 4 is 40.5 Å². The molecule has 5 aromatic rings. The van der Waals surface area contributed by atoms with Crippen LogP contribution in [0.4, 0.5) is 22.9 Å². The number of anilines is 2. The van der Waals surface area contributed by atoms with Crippen LogP contribution in [0.1, 0.15) is 38.8 Å². The third-order valence-electron chi connectivity index (χ3n) is 7.43. The summed E-state index contributed by atoms with van der Waals surface area (Å²) < 4.78 is 6.74. The summed E-state index contributed by atoms with van der Waals surface area (Å²) in [6, 6.07) is 29.1. The Kier molecular flexibility index (Phi) is 6.12. The van der Waals surface area contributed by atoms with Gasteiger partial charge in [-0.3, -0.25) is 0 Å². The summed E-state index contributed by atoms with van der Waals surface area (Å²) in [5, 5.41) is 8.45. The molecule has 2 aromatic heterocycles. The van der Waals surface area contributed by atoms with Crippen molar-refractivity contribution in [3.63, 3.8) is 0 Å². The van der Waals surface area contributed by atoms with E-state index < -0.39 is 0 Å². The van der Waals surface area contributed by atoms with Crippen LogP contribution in [-0.4, -0.2) is 39.5 Å². The first-order valence-corrected chi connectivity index (χ1v) is 13.6. The topological polar surface area (TPSA) is 97.0 Å². The average molecular weight is 554 g/mol. The lowest BCUT2D eigenvalue weighted by Gasteiger charge is -2.40. The maximum atomic E-state index is 12.2. The van der Waals surface area contributed by atoms with Crippen molar-refractivity contribution < 1.29 is 9.53 Å². The zero-order valence-corrected chi connectivity index (χ0v) is 23.3. The van der Waals surface area contributed by atoms with Gasteiger partial charge in [-0.2, -0.15) is 9.78 Å². The highest BCUT2D eigenvalue weighted by atomic mass is 16.5. The molecule has 0 unspecified atom stereocenters. The predicted molar refractivity (Wildman–Crippen MR) is 164 cm³/mol. The predicted octanol–water partition coefficient (Wildman–Crippen LogP) is 6.47. The highest BCUT2D eigenvalue weighted by Gasteiger charge is 2.41. The number of aliphatic imine (C=N–C) groups is 2. The Morgan fingerprint density at radius 2 is 1.71 bits per heavy atom. The Balaban J connectivity index is 1.47. The maximum absolute atomic E-state index is 12.2. The number of methoxy groups -OCH3 is 1. The summed E-state index contributed by atoms with van der Waals surface area (Å²) in [7, 11) is 1.38. The van der Waals surface area contributed by atoms with Crippen LogP contribution in [0.15, 0.2) is 107 Å². The molecule has 9 heteroatoms. The third kappa shape index (κ3) is 4.23. The molecule has 0 bridgehead atoms. The molecule has 0 spiro atoms. The van der Waals surface area contributed by atoms with Gasteiger partial charge < -0.3 is 15.0 Å². The first kappa shape index (κ1) is 25.4. The number of carbonyl (C=O) groups excluding carboxylic acids is 1. The smallest absolute Gasteiger partial charge is 0.337 e. The van der Waals surface area contributed by atoms with Gasteiger partial charge in [-0.05, 0) is 73.5 Å². The molecule has 2 aliphatic heterocycles. The van der Waals surface area contributed by atoms with Crippen molar-refractivity contribution in [1.29, 1.82) is 0 Å². The van der Waals surface area contributed by atoms with Crippen LogP contribution < -0.4 is 10.2 Å². The highest BCUT2D eigenvalue weighted by molar-refractivity contribution is 6.51. The van der Waals surface area contributed by atoms with E-state index in [-0.39, 0.29) is 12.0 Å². The molecule has 0 saturated heterocycles. The quantitative estimate of drug-likeness (QED) is 0.256. The number of aromatic nitrogens is 3. The fourth-order valence-corrected chi connectivity index (χ4v) is 5.53. The number of rotatable bonds is 4. The molecular weight excluding hydrogens is 526 g/mol. The zero-order valence-electron chi connectivity index (χ0n) is 23.3. The van der Waals surface area contributed by atoms with Crippen molar-refractivity contribution in [2.75, 3.05) is 17.3 Å². The minimum absolute atomic E-state index is 0.317. The second-order valence-corrected chi connectivity index (χ2v) is 10.2. The molecule has 1 N–H and O–H groups in total. The molecule has 4 heterocycles. The number of esters is 1. The summed E-state index contributed by atoms with van der Waals surface area (Å²) in [5.74, 6) is 2.24. The molecular formula is C33H27N7O2. The number of amidine groups is 2. The molecule has 42 heavy (non-hydrogen) atoms. The number of aryl methyl sites for hydroxylation is 2. The lowest BCUT2D eigenvalue weighted by Crippen LogP contribution is -2.46. The summed E-state index contributed by atoms with van der Waals surface area (Å²) in [6.45, 7) is 4.05. The number of fused-ring (bicyclic) bond motifs is 4. The molecule has 0 amide bonds. The SMILES string of the molecule is COC(=O)c1ccc([C@@H]2c3c(C)nn(-c4ccccn4)c3N=C3C(Nc4cccc(C)c4)=Nc4ccccc4N32)cc1. The van der Waals surface area contributed by atoms with Gasteiger partial charge in [-0.1, -0.05) is 42.5 Å². The summed E-state index contributed by atoms with van der Waals surface area (Å²) in [5.41, 5.74) is 7.00. The lowest BCUT2D eigenvalue weighted by molar-refractivity contribution is 0.0600. The normalized spacial score (nSPS) is 15.1. The fourth-order valence-electron chi connectivity index (χ4n) is 5.53. The number of benzene rings is 3. The number of ether oxygens (including phenoxy) is 1. The van der Waals surface area contributed by atoms with E-state index in [1.807, 2.05) is 67.6 Å². The van der Waals surface area contributed by atoms with Crippen LogP contribution >= 0.6 is 0 Å². The Labute approximate surface area is 242 Å². The van der Waals surface area contributed by atoms with Crippen LogP contribution in [-0.2, 0) is 4.74 Å². The molecule has 2 aliphatic rings. The van der Waals surface area contributed by atoms with Crippen molar-refractivity contribution in [1.82, 2.24) is 14.8 Å². The maximum Gasteiger partial charge on any atom is 0.337 e. The number of pyridine rings is 1. The highest BCUT2D eigenvalue weighted by Crippen LogP contribution is 2.48. The van der Waals surface area contributed by atoms with Gasteiger partial charge >= 0.3 is 5.97 Å². The van der Waals surface area contributed by atoms with Gasteiger partial charge in [0, 0.05) is 17.4 Å². The van der Waals surface area contributed by atoms with Gasteiger partial charge in [-0.25, -0.2) is 19.8 Å². The lowest BCUT2D eigenvalue weighted by atomic mass is 9.92. The van der Waals surface area contributed by atoms with Crippen molar-refractivity contribution in [3.8, 4) is 5.82 Å². The van der Waals surface area contributed by atoms with Crippen LogP contribution in [0.25, 0.3) is 5.82 Å².